The van der Waals surface area contributed by atoms with Crippen LogP contribution in [0.5, 0.6) is 0 Å². The Morgan fingerprint density at radius 3 is 1.65 bits per heavy atom. The quantitative estimate of drug-likeness (QED) is 0.454. The van der Waals surface area contributed by atoms with Gasteiger partial charge in [-0.2, -0.15) is 0 Å². The number of hydrogen-bond donors (Lipinski definition) is 0. The Bertz CT molecular complexity index is 404. The molecule has 0 saturated heterocycles. The van der Waals surface area contributed by atoms with Gasteiger partial charge in [0.05, 0.1) is 0 Å². The molecule has 0 saturated carbocycles. The fourth-order valence-electron chi connectivity index (χ4n) is 2.57. The molecule has 1 aromatic carbocycles. The highest BCUT2D eigenvalue weighted by Gasteiger charge is 2.10. The van der Waals surface area contributed by atoms with Crippen molar-refractivity contribution in [3.05, 3.63) is 34.4 Å². The molecule has 110 valence electrons. The Labute approximate surface area is 122 Å². The van der Waals surface area contributed by atoms with Crippen LogP contribution in [-0.2, 0) is 12.8 Å². The molecule has 1 rings (SSSR count). The maximum Gasteiger partial charge on any atom is 0.150 e. The Hall–Kier alpha value is -1.44. The van der Waals surface area contributed by atoms with Gasteiger partial charge in [0.25, 0.3) is 0 Å². The molecule has 0 aliphatic carbocycles. The lowest BCUT2D eigenvalue weighted by atomic mass is 9.92. The van der Waals surface area contributed by atoms with Gasteiger partial charge in [0.15, 0.2) is 6.29 Å². The van der Waals surface area contributed by atoms with Crippen molar-refractivity contribution in [2.45, 2.75) is 65.2 Å². The summed E-state index contributed by atoms with van der Waals surface area (Å²) < 4.78 is 0. The summed E-state index contributed by atoms with van der Waals surface area (Å²) in [5.74, 6) is 0. The molecule has 0 heterocycles. The summed E-state index contributed by atoms with van der Waals surface area (Å²) >= 11 is 0. The molecule has 0 fully saturated rings. The highest BCUT2D eigenvalue weighted by molar-refractivity contribution is 5.84. The third-order valence-electron chi connectivity index (χ3n) is 3.73. The zero-order valence-corrected chi connectivity index (χ0v) is 12.8. The van der Waals surface area contributed by atoms with Crippen LogP contribution in [0, 0.1) is 0 Å². The Balaban J connectivity index is 2.97. The van der Waals surface area contributed by atoms with Gasteiger partial charge in [0.1, 0.15) is 6.29 Å². The van der Waals surface area contributed by atoms with Crippen LogP contribution in [-0.4, -0.2) is 12.6 Å². The predicted octanol–water partition coefficient (Wildman–Crippen LogP) is 4.78. The summed E-state index contributed by atoms with van der Waals surface area (Å²) in [4.78, 5) is 22.5. The number of aldehydes is 2. The smallest absolute Gasteiger partial charge is 0.150 e. The SMILES string of the molecule is CCCCCc1cc(C=O)cc(CCCCC)c1C=O. The zero-order chi connectivity index (χ0) is 14.8. The summed E-state index contributed by atoms with van der Waals surface area (Å²) in [5.41, 5.74) is 3.62. The lowest BCUT2D eigenvalue weighted by Gasteiger charge is -2.12. The second-order valence-corrected chi connectivity index (χ2v) is 5.40. The van der Waals surface area contributed by atoms with Crippen molar-refractivity contribution in [3.8, 4) is 0 Å². The molecule has 0 aromatic heterocycles. The van der Waals surface area contributed by atoms with E-state index in [4.69, 9.17) is 0 Å². The molecule has 0 N–H and O–H groups in total. The van der Waals surface area contributed by atoms with Gasteiger partial charge in [-0.3, -0.25) is 9.59 Å². The van der Waals surface area contributed by atoms with Crippen LogP contribution in [0.1, 0.15) is 84.2 Å². The Kier molecular flexibility index (Phi) is 7.86. The van der Waals surface area contributed by atoms with Gasteiger partial charge in [-0.25, -0.2) is 0 Å². The van der Waals surface area contributed by atoms with Gasteiger partial charge in [-0.05, 0) is 48.9 Å². The minimum Gasteiger partial charge on any atom is -0.298 e. The molecule has 0 unspecified atom stereocenters. The summed E-state index contributed by atoms with van der Waals surface area (Å²) in [6.07, 6.45) is 10.4. The third kappa shape index (κ3) is 4.92. The average molecular weight is 274 g/mol. The molecule has 0 bridgehead atoms. The van der Waals surface area contributed by atoms with Crippen LogP contribution < -0.4 is 0 Å². The standard InChI is InChI=1S/C18H26O2/c1-3-5-7-9-16-11-15(13-19)12-17(18(16)14-20)10-8-6-4-2/h11-14H,3-10H2,1-2H3. The first kappa shape index (κ1) is 16.6. The first-order valence-electron chi connectivity index (χ1n) is 7.82. The van der Waals surface area contributed by atoms with Crippen molar-refractivity contribution in [2.75, 3.05) is 0 Å². The first-order valence-corrected chi connectivity index (χ1v) is 7.82. The monoisotopic (exact) mass is 274 g/mol. The van der Waals surface area contributed by atoms with Gasteiger partial charge in [-0.1, -0.05) is 39.5 Å². The maximum atomic E-state index is 11.4. The van der Waals surface area contributed by atoms with E-state index in [1.165, 1.54) is 0 Å². The minimum atomic E-state index is 0.702. The molecular weight excluding hydrogens is 248 g/mol. The normalized spacial score (nSPS) is 10.5. The minimum absolute atomic E-state index is 0.702. The number of carbonyl (C=O) groups is 2. The van der Waals surface area contributed by atoms with E-state index >= 15 is 0 Å². The molecule has 2 heteroatoms. The van der Waals surface area contributed by atoms with Gasteiger partial charge in [0, 0.05) is 11.1 Å². The van der Waals surface area contributed by atoms with Crippen LogP contribution in [0.4, 0.5) is 0 Å². The van der Waals surface area contributed by atoms with Crippen molar-refractivity contribution in [3.63, 3.8) is 0 Å². The van der Waals surface area contributed by atoms with E-state index in [1.807, 2.05) is 12.1 Å². The van der Waals surface area contributed by atoms with Gasteiger partial charge < -0.3 is 0 Å². The van der Waals surface area contributed by atoms with E-state index in [1.54, 1.807) is 0 Å². The van der Waals surface area contributed by atoms with Gasteiger partial charge >= 0.3 is 0 Å². The molecule has 1 aromatic rings. The fraction of sp³-hybridized carbons (Fsp3) is 0.556. The molecule has 2 nitrogen and oxygen atoms in total. The first-order chi connectivity index (χ1) is 9.76. The zero-order valence-electron chi connectivity index (χ0n) is 12.8. The highest BCUT2D eigenvalue weighted by atomic mass is 16.1. The summed E-state index contributed by atoms with van der Waals surface area (Å²) in [5, 5.41) is 0. The lowest BCUT2D eigenvalue weighted by molar-refractivity contribution is 0.111. The maximum absolute atomic E-state index is 11.4. The van der Waals surface area contributed by atoms with E-state index < -0.39 is 0 Å². The van der Waals surface area contributed by atoms with Crippen LogP contribution in [0.15, 0.2) is 12.1 Å². The van der Waals surface area contributed by atoms with Crippen molar-refractivity contribution in [1.29, 1.82) is 0 Å². The summed E-state index contributed by atoms with van der Waals surface area (Å²) in [6.45, 7) is 4.33. The summed E-state index contributed by atoms with van der Waals surface area (Å²) in [7, 11) is 0. The molecule has 0 amide bonds. The van der Waals surface area contributed by atoms with Crippen LogP contribution in [0.3, 0.4) is 0 Å². The van der Waals surface area contributed by atoms with Crippen molar-refractivity contribution in [1.82, 2.24) is 0 Å². The fourth-order valence-corrected chi connectivity index (χ4v) is 2.57. The number of carbonyl (C=O) groups excluding carboxylic acids is 2. The second kappa shape index (κ2) is 9.46. The number of benzene rings is 1. The number of rotatable bonds is 10. The molecule has 20 heavy (non-hydrogen) atoms. The van der Waals surface area contributed by atoms with E-state index in [0.29, 0.717) is 5.56 Å². The Morgan fingerprint density at radius 1 is 0.800 bits per heavy atom. The molecule has 0 aliphatic heterocycles. The molecule has 0 radical (unpaired) electrons. The largest absolute Gasteiger partial charge is 0.298 e. The second-order valence-electron chi connectivity index (χ2n) is 5.40. The van der Waals surface area contributed by atoms with Gasteiger partial charge in [-0.15, -0.1) is 0 Å². The number of unbranched alkanes of at least 4 members (excludes halogenated alkanes) is 4. The lowest BCUT2D eigenvalue weighted by Crippen LogP contribution is -2.02. The van der Waals surface area contributed by atoms with E-state index in [-0.39, 0.29) is 0 Å². The van der Waals surface area contributed by atoms with E-state index in [2.05, 4.69) is 13.8 Å². The molecular formula is C18H26O2. The van der Waals surface area contributed by atoms with Crippen molar-refractivity contribution >= 4 is 12.6 Å². The average Bonchev–Trinajstić information content (AvgIpc) is 2.47. The molecule has 0 spiro atoms. The van der Waals surface area contributed by atoms with Gasteiger partial charge in [0.2, 0.25) is 0 Å². The van der Waals surface area contributed by atoms with Crippen molar-refractivity contribution < 1.29 is 9.59 Å². The molecule has 0 atom stereocenters. The number of aryl methyl sites for hydroxylation is 2. The van der Waals surface area contributed by atoms with Crippen LogP contribution in [0.25, 0.3) is 0 Å². The number of hydrogen-bond acceptors (Lipinski definition) is 2. The topological polar surface area (TPSA) is 34.1 Å². The van der Waals surface area contributed by atoms with Crippen molar-refractivity contribution in [2.24, 2.45) is 0 Å². The Morgan fingerprint density at radius 2 is 1.30 bits per heavy atom. The van der Waals surface area contributed by atoms with E-state index in [9.17, 15) is 9.59 Å². The third-order valence-corrected chi connectivity index (χ3v) is 3.73. The predicted molar refractivity (Wildman–Crippen MR) is 83.7 cm³/mol. The van der Waals surface area contributed by atoms with Crippen LogP contribution >= 0.6 is 0 Å². The van der Waals surface area contributed by atoms with Crippen LogP contribution in [0.2, 0.25) is 0 Å². The van der Waals surface area contributed by atoms with E-state index in [0.717, 1.165) is 80.6 Å². The highest BCUT2D eigenvalue weighted by Crippen LogP contribution is 2.20. The summed E-state index contributed by atoms with van der Waals surface area (Å²) in [6, 6.07) is 3.77. The molecule has 0 aliphatic rings.